The van der Waals surface area contributed by atoms with Crippen LogP contribution < -0.4 is 0 Å². The lowest BCUT2D eigenvalue weighted by atomic mass is 10.4. The van der Waals surface area contributed by atoms with Crippen LogP contribution in [0.2, 0.25) is 0 Å². The Kier molecular flexibility index (Phi) is 6.94. The molecule has 0 aliphatic carbocycles. The van der Waals surface area contributed by atoms with Crippen molar-refractivity contribution in [1.29, 1.82) is 0 Å². The van der Waals surface area contributed by atoms with Crippen LogP contribution in [-0.2, 0) is 9.31 Å². The van der Waals surface area contributed by atoms with Gasteiger partial charge in [0.25, 0.3) is 0 Å². The second-order valence-electron chi connectivity index (χ2n) is 0.952. The average Bonchev–Trinajstić information content (AvgIpc) is 1.81. The standard InChI is InChI=1S/C2H6B2O4/c5-3-7-1-2-8-4-6/h5-6H,1-2H2. The fraction of sp³-hybridized carbons (Fsp3) is 1.00. The Morgan fingerprint density at radius 1 is 1.00 bits per heavy atom. The predicted molar refractivity (Wildman–Crippen MR) is 27.8 cm³/mol. The molecular formula is C2H6B2O4. The minimum Gasteiger partial charge on any atom is -0.429 e. The van der Waals surface area contributed by atoms with Gasteiger partial charge in [-0.15, -0.1) is 0 Å². The molecule has 0 spiro atoms. The van der Waals surface area contributed by atoms with Crippen molar-refractivity contribution in [1.82, 2.24) is 0 Å². The third kappa shape index (κ3) is 5.97. The highest BCUT2D eigenvalue weighted by Crippen LogP contribution is 1.69. The molecule has 2 N–H and O–H groups in total. The second kappa shape index (κ2) is 6.97. The van der Waals surface area contributed by atoms with Crippen molar-refractivity contribution in [2.45, 2.75) is 0 Å². The molecule has 8 heavy (non-hydrogen) atoms. The number of hydrogen-bond donors (Lipinski definition) is 2. The summed E-state index contributed by atoms with van der Waals surface area (Å²) < 4.78 is 8.62. The first-order valence-electron chi connectivity index (χ1n) is 2.07. The van der Waals surface area contributed by atoms with Gasteiger partial charge in [-0.1, -0.05) is 0 Å². The molecule has 0 amide bonds. The maximum Gasteiger partial charge on any atom is 0.485 e. The van der Waals surface area contributed by atoms with Crippen molar-refractivity contribution >= 4 is 15.4 Å². The SMILES string of the molecule is O[B]OCCO[B]O. The van der Waals surface area contributed by atoms with Gasteiger partial charge in [0.2, 0.25) is 0 Å². The second-order valence-corrected chi connectivity index (χ2v) is 0.952. The summed E-state index contributed by atoms with van der Waals surface area (Å²) in [6.45, 7) is 0.459. The Hall–Kier alpha value is -0.0301. The highest BCUT2D eigenvalue weighted by molar-refractivity contribution is 6.16. The Balaban J connectivity index is 2.53. The van der Waals surface area contributed by atoms with E-state index in [0.29, 0.717) is 15.4 Å². The normalized spacial score (nSPS) is 8.75. The molecule has 0 saturated heterocycles. The molecule has 0 aromatic heterocycles. The predicted octanol–water partition coefficient (Wildman–Crippen LogP) is -1.93. The highest BCUT2D eigenvalue weighted by Gasteiger charge is 1.87. The van der Waals surface area contributed by atoms with Crippen molar-refractivity contribution in [3.63, 3.8) is 0 Å². The lowest BCUT2D eigenvalue weighted by molar-refractivity contribution is 0.193. The van der Waals surface area contributed by atoms with E-state index in [4.69, 9.17) is 10.0 Å². The minimum absolute atomic E-state index is 0.230. The quantitative estimate of drug-likeness (QED) is 0.324. The Bertz CT molecular complexity index is 37.0. The Morgan fingerprint density at radius 2 is 1.38 bits per heavy atom. The van der Waals surface area contributed by atoms with Crippen LogP contribution in [0.15, 0.2) is 0 Å². The molecule has 0 aromatic carbocycles. The highest BCUT2D eigenvalue weighted by atomic mass is 16.5. The molecule has 0 unspecified atom stereocenters. The first kappa shape index (κ1) is 7.97. The first-order valence-corrected chi connectivity index (χ1v) is 2.07. The minimum atomic E-state index is 0.230. The van der Waals surface area contributed by atoms with E-state index in [1.807, 2.05) is 0 Å². The zero-order valence-corrected chi connectivity index (χ0v) is 4.28. The fourth-order valence-electron chi connectivity index (χ4n) is 0.202. The summed E-state index contributed by atoms with van der Waals surface area (Å²) in [6, 6.07) is 0. The smallest absolute Gasteiger partial charge is 0.429 e. The van der Waals surface area contributed by atoms with Crippen LogP contribution in [-0.4, -0.2) is 38.6 Å². The molecule has 0 aliphatic heterocycles. The van der Waals surface area contributed by atoms with E-state index in [2.05, 4.69) is 9.31 Å². The molecule has 6 heteroatoms. The van der Waals surface area contributed by atoms with Crippen molar-refractivity contribution < 1.29 is 19.4 Å². The largest absolute Gasteiger partial charge is 0.485 e. The van der Waals surface area contributed by atoms with E-state index in [0.717, 1.165) is 0 Å². The van der Waals surface area contributed by atoms with E-state index in [1.165, 1.54) is 0 Å². The molecular weight excluding hydrogens is 110 g/mol. The summed E-state index contributed by atoms with van der Waals surface area (Å²) in [5.74, 6) is 0. The van der Waals surface area contributed by atoms with Gasteiger partial charge in [-0.05, 0) is 0 Å². The molecule has 0 heterocycles. The molecule has 0 saturated carbocycles. The molecule has 44 valence electrons. The lowest BCUT2D eigenvalue weighted by Gasteiger charge is -1.96. The van der Waals surface area contributed by atoms with Gasteiger partial charge < -0.3 is 19.4 Å². The van der Waals surface area contributed by atoms with Crippen LogP contribution in [0, 0.1) is 0 Å². The van der Waals surface area contributed by atoms with Crippen LogP contribution >= 0.6 is 0 Å². The van der Waals surface area contributed by atoms with Crippen LogP contribution in [0.4, 0.5) is 0 Å². The van der Waals surface area contributed by atoms with E-state index < -0.39 is 0 Å². The molecule has 0 atom stereocenters. The van der Waals surface area contributed by atoms with Gasteiger partial charge in [0.15, 0.2) is 0 Å². The maximum absolute atomic E-state index is 7.89. The van der Waals surface area contributed by atoms with Crippen molar-refractivity contribution in [2.24, 2.45) is 0 Å². The van der Waals surface area contributed by atoms with E-state index in [9.17, 15) is 0 Å². The summed E-state index contributed by atoms with van der Waals surface area (Å²) in [5.41, 5.74) is 0. The number of hydrogen-bond acceptors (Lipinski definition) is 4. The van der Waals surface area contributed by atoms with Crippen molar-refractivity contribution in [2.75, 3.05) is 13.2 Å². The summed E-state index contributed by atoms with van der Waals surface area (Å²) in [4.78, 5) is 0. The zero-order chi connectivity index (χ0) is 6.24. The summed E-state index contributed by atoms with van der Waals surface area (Å²) >= 11 is 0. The molecule has 2 radical (unpaired) electrons. The van der Waals surface area contributed by atoms with Crippen molar-refractivity contribution in [3.8, 4) is 0 Å². The van der Waals surface area contributed by atoms with Gasteiger partial charge >= 0.3 is 15.4 Å². The summed E-state index contributed by atoms with van der Waals surface area (Å²) in [5, 5.41) is 15.8. The van der Waals surface area contributed by atoms with Gasteiger partial charge in [0.05, 0.1) is 13.2 Å². The maximum atomic E-state index is 7.89. The molecule has 0 aliphatic rings. The van der Waals surface area contributed by atoms with Crippen molar-refractivity contribution in [3.05, 3.63) is 0 Å². The molecule has 0 aromatic rings. The van der Waals surface area contributed by atoms with Crippen LogP contribution in [0.5, 0.6) is 0 Å². The molecule has 0 fully saturated rings. The average molecular weight is 116 g/mol. The monoisotopic (exact) mass is 116 g/mol. The Labute approximate surface area is 49.0 Å². The molecule has 0 rings (SSSR count). The van der Waals surface area contributed by atoms with E-state index >= 15 is 0 Å². The van der Waals surface area contributed by atoms with Gasteiger partial charge in [-0.3, -0.25) is 0 Å². The summed E-state index contributed by atoms with van der Waals surface area (Å²) in [6.07, 6.45) is 0. The van der Waals surface area contributed by atoms with Gasteiger partial charge in [0.1, 0.15) is 0 Å². The van der Waals surface area contributed by atoms with Crippen LogP contribution in [0.1, 0.15) is 0 Å². The van der Waals surface area contributed by atoms with E-state index in [-0.39, 0.29) is 13.2 Å². The van der Waals surface area contributed by atoms with E-state index in [1.54, 1.807) is 0 Å². The fourth-order valence-corrected chi connectivity index (χ4v) is 0.202. The van der Waals surface area contributed by atoms with Gasteiger partial charge in [0, 0.05) is 0 Å². The number of rotatable bonds is 5. The first-order chi connectivity index (χ1) is 3.91. The van der Waals surface area contributed by atoms with Crippen LogP contribution in [0.25, 0.3) is 0 Å². The molecule has 0 bridgehead atoms. The third-order valence-electron chi connectivity index (χ3n) is 0.468. The Morgan fingerprint density at radius 3 is 1.62 bits per heavy atom. The lowest BCUT2D eigenvalue weighted by Crippen LogP contribution is -2.08. The van der Waals surface area contributed by atoms with Gasteiger partial charge in [-0.25, -0.2) is 0 Å². The third-order valence-corrected chi connectivity index (χ3v) is 0.468. The van der Waals surface area contributed by atoms with Crippen LogP contribution in [0.3, 0.4) is 0 Å². The topological polar surface area (TPSA) is 58.9 Å². The van der Waals surface area contributed by atoms with Gasteiger partial charge in [-0.2, -0.15) is 0 Å². The summed E-state index contributed by atoms with van der Waals surface area (Å²) in [7, 11) is 1.14. The zero-order valence-electron chi connectivity index (χ0n) is 4.28. The molecule has 4 nitrogen and oxygen atoms in total.